The van der Waals surface area contributed by atoms with Crippen LogP contribution in [0.4, 0.5) is 5.69 Å². The molecular formula is C23H29N3O6. The Morgan fingerprint density at radius 1 is 1.19 bits per heavy atom. The van der Waals surface area contributed by atoms with E-state index in [1.165, 1.54) is 30.2 Å². The summed E-state index contributed by atoms with van der Waals surface area (Å²) in [6.45, 7) is 4.19. The Hall–Kier alpha value is -3.62. The van der Waals surface area contributed by atoms with Gasteiger partial charge in [0, 0.05) is 25.2 Å². The van der Waals surface area contributed by atoms with Crippen LogP contribution in [0.1, 0.15) is 25.8 Å². The van der Waals surface area contributed by atoms with Gasteiger partial charge in [0.15, 0.2) is 6.61 Å². The number of ether oxygens (including phenoxy) is 2. The van der Waals surface area contributed by atoms with Crippen LogP contribution in [0.15, 0.2) is 48.5 Å². The van der Waals surface area contributed by atoms with Crippen molar-refractivity contribution in [3.05, 3.63) is 64.2 Å². The molecule has 0 aliphatic rings. The first-order valence-corrected chi connectivity index (χ1v) is 10.4. The van der Waals surface area contributed by atoms with Crippen LogP contribution in [-0.4, -0.2) is 54.5 Å². The summed E-state index contributed by atoms with van der Waals surface area (Å²) in [4.78, 5) is 37.4. The lowest BCUT2D eigenvalue weighted by atomic mass is 10.1. The molecule has 0 radical (unpaired) electrons. The van der Waals surface area contributed by atoms with E-state index < -0.39 is 11.0 Å². The molecule has 0 heterocycles. The molecule has 1 N–H and O–H groups in total. The molecule has 1 atom stereocenters. The third-order valence-corrected chi connectivity index (χ3v) is 4.91. The zero-order valence-electron chi connectivity index (χ0n) is 18.6. The maximum Gasteiger partial charge on any atom is 0.311 e. The van der Waals surface area contributed by atoms with Gasteiger partial charge in [0.05, 0.1) is 12.0 Å². The van der Waals surface area contributed by atoms with Crippen LogP contribution in [0, 0.1) is 10.1 Å². The fraction of sp³-hybridized carbons (Fsp3) is 0.391. The van der Waals surface area contributed by atoms with Crippen molar-refractivity contribution in [2.75, 3.05) is 26.8 Å². The molecule has 0 spiro atoms. The lowest BCUT2D eigenvalue weighted by Gasteiger charge is -2.28. The zero-order chi connectivity index (χ0) is 23.5. The third-order valence-electron chi connectivity index (χ3n) is 4.91. The second-order valence-corrected chi connectivity index (χ2v) is 7.17. The molecule has 0 aliphatic carbocycles. The highest BCUT2D eigenvalue weighted by atomic mass is 16.6. The maximum absolute atomic E-state index is 13.0. The van der Waals surface area contributed by atoms with E-state index in [2.05, 4.69) is 5.32 Å². The third kappa shape index (κ3) is 6.97. The molecule has 9 nitrogen and oxygen atoms in total. The van der Waals surface area contributed by atoms with Crippen molar-refractivity contribution in [3.8, 4) is 11.5 Å². The molecule has 0 bridgehead atoms. The van der Waals surface area contributed by atoms with Crippen molar-refractivity contribution >= 4 is 17.5 Å². The molecule has 172 valence electrons. The van der Waals surface area contributed by atoms with Gasteiger partial charge in [-0.15, -0.1) is 0 Å². The van der Waals surface area contributed by atoms with E-state index >= 15 is 0 Å². The van der Waals surface area contributed by atoms with Gasteiger partial charge in [0.25, 0.3) is 5.91 Å². The van der Waals surface area contributed by atoms with E-state index in [1.54, 1.807) is 6.92 Å². The van der Waals surface area contributed by atoms with Crippen molar-refractivity contribution in [2.24, 2.45) is 0 Å². The normalized spacial score (nSPS) is 11.3. The number of carbonyl (C=O) groups excluding carboxylic acids is 2. The highest BCUT2D eigenvalue weighted by Crippen LogP contribution is 2.30. The molecule has 1 unspecified atom stereocenters. The van der Waals surface area contributed by atoms with E-state index in [0.717, 1.165) is 12.0 Å². The number of nitrogens with zero attached hydrogens (tertiary/aromatic N) is 2. The van der Waals surface area contributed by atoms with Crippen LogP contribution in [0.25, 0.3) is 0 Å². The predicted octanol–water partition coefficient (Wildman–Crippen LogP) is 2.97. The minimum Gasteiger partial charge on any atom is -0.490 e. The van der Waals surface area contributed by atoms with Crippen LogP contribution >= 0.6 is 0 Å². The van der Waals surface area contributed by atoms with Crippen LogP contribution in [0.3, 0.4) is 0 Å². The summed E-state index contributed by atoms with van der Waals surface area (Å²) in [5.41, 5.74) is 0.851. The van der Waals surface area contributed by atoms with Crippen molar-refractivity contribution in [1.29, 1.82) is 0 Å². The second-order valence-electron chi connectivity index (χ2n) is 7.17. The van der Waals surface area contributed by atoms with Gasteiger partial charge in [-0.1, -0.05) is 37.3 Å². The van der Waals surface area contributed by atoms with Crippen LogP contribution in [0.2, 0.25) is 0 Å². The molecule has 0 aromatic heterocycles. The quantitative estimate of drug-likeness (QED) is 0.399. The van der Waals surface area contributed by atoms with Gasteiger partial charge in [-0.05, 0) is 31.4 Å². The Morgan fingerprint density at radius 2 is 1.91 bits per heavy atom. The van der Waals surface area contributed by atoms with E-state index in [1.807, 2.05) is 37.3 Å². The number of hydrogen-bond acceptors (Lipinski definition) is 6. The number of hydrogen-bond donors (Lipinski definition) is 1. The van der Waals surface area contributed by atoms with Gasteiger partial charge < -0.3 is 19.7 Å². The van der Waals surface area contributed by atoms with Crippen molar-refractivity contribution < 1.29 is 24.0 Å². The van der Waals surface area contributed by atoms with Crippen LogP contribution < -0.4 is 14.8 Å². The first-order valence-electron chi connectivity index (χ1n) is 10.4. The summed E-state index contributed by atoms with van der Waals surface area (Å²) < 4.78 is 10.6. The number of amides is 2. The molecule has 2 rings (SSSR count). The van der Waals surface area contributed by atoms with Gasteiger partial charge in [-0.3, -0.25) is 19.7 Å². The number of benzene rings is 2. The summed E-state index contributed by atoms with van der Waals surface area (Å²) in [6.07, 6.45) is 1.38. The first-order chi connectivity index (χ1) is 15.4. The number of nitro groups is 1. The maximum atomic E-state index is 13.0. The second kappa shape index (κ2) is 12.3. The number of nitrogens with one attached hydrogen (secondary N) is 1. The first kappa shape index (κ1) is 24.6. The number of rotatable bonds is 12. The number of carbonyl (C=O) groups is 2. The summed E-state index contributed by atoms with van der Waals surface area (Å²) in [7, 11) is 1.32. The summed E-state index contributed by atoms with van der Waals surface area (Å²) in [5.74, 6) is -0.303. The molecule has 2 amide bonds. The highest BCUT2D eigenvalue weighted by molar-refractivity contribution is 5.88. The summed E-state index contributed by atoms with van der Waals surface area (Å²) >= 11 is 0. The largest absolute Gasteiger partial charge is 0.490 e. The topological polar surface area (TPSA) is 111 Å². The Balaban J connectivity index is 2.10. The van der Waals surface area contributed by atoms with Gasteiger partial charge in [-0.2, -0.15) is 0 Å². The Labute approximate surface area is 187 Å². The monoisotopic (exact) mass is 443 g/mol. The van der Waals surface area contributed by atoms with E-state index in [-0.39, 0.29) is 35.6 Å². The van der Waals surface area contributed by atoms with Gasteiger partial charge in [-0.25, -0.2) is 0 Å². The van der Waals surface area contributed by atoms with Crippen molar-refractivity contribution in [3.63, 3.8) is 0 Å². The molecule has 0 aliphatic heterocycles. The smallest absolute Gasteiger partial charge is 0.311 e. The molecule has 0 saturated carbocycles. The fourth-order valence-electron chi connectivity index (χ4n) is 3.09. The van der Waals surface area contributed by atoms with Gasteiger partial charge in [0.1, 0.15) is 11.8 Å². The lowest BCUT2D eigenvalue weighted by Crippen LogP contribution is -2.50. The molecule has 9 heteroatoms. The average molecular weight is 444 g/mol. The van der Waals surface area contributed by atoms with E-state index in [4.69, 9.17) is 9.47 Å². The lowest BCUT2D eigenvalue weighted by molar-refractivity contribution is -0.385. The molecule has 2 aromatic carbocycles. The molecule has 2 aromatic rings. The Kier molecular flexibility index (Phi) is 9.46. The standard InChI is InChI=1S/C23H29N3O6/c1-4-13-24-23(28)17(2)25(14-12-18-8-6-5-7-9-18)22(27)16-32-19-10-11-20(26(29)30)21(15-19)31-3/h5-11,15,17H,4,12-14,16H2,1-3H3,(H,24,28). The van der Waals surface area contributed by atoms with E-state index in [0.29, 0.717) is 19.5 Å². The number of nitro benzene ring substituents is 1. The zero-order valence-corrected chi connectivity index (χ0v) is 18.6. The SMILES string of the molecule is CCCNC(=O)C(C)N(CCc1ccccc1)C(=O)COc1ccc([N+](=O)[O-])c(OC)c1. The molecular weight excluding hydrogens is 414 g/mol. The van der Waals surface area contributed by atoms with Crippen molar-refractivity contribution in [2.45, 2.75) is 32.7 Å². The summed E-state index contributed by atoms with van der Waals surface area (Å²) in [5, 5.41) is 13.9. The predicted molar refractivity (Wildman–Crippen MR) is 120 cm³/mol. The molecule has 0 saturated heterocycles. The minimum absolute atomic E-state index is 0.0354. The van der Waals surface area contributed by atoms with Crippen molar-refractivity contribution in [1.82, 2.24) is 10.2 Å². The fourth-order valence-corrected chi connectivity index (χ4v) is 3.09. The van der Waals surface area contributed by atoms with Crippen LogP contribution in [0.5, 0.6) is 11.5 Å². The highest BCUT2D eigenvalue weighted by Gasteiger charge is 2.26. The van der Waals surface area contributed by atoms with Gasteiger partial charge in [0.2, 0.25) is 11.7 Å². The Morgan fingerprint density at radius 3 is 2.53 bits per heavy atom. The van der Waals surface area contributed by atoms with E-state index in [9.17, 15) is 19.7 Å². The molecule has 0 fully saturated rings. The minimum atomic E-state index is -0.673. The van der Waals surface area contributed by atoms with Crippen LogP contribution in [-0.2, 0) is 16.0 Å². The number of methoxy groups -OCH3 is 1. The molecule has 32 heavy (non-hydrogen) atoms. The summed E-state index contributed by atoms with van der Waals surface area (Å²) in [6, 6.07) is 13.0. The Bertz CT molecular complexity index is 919. The van der Waals surface area contributed by atoms with Gasteiger partial charge >= 0.3 is 5.69 Å². The average Bonchev–Trinajstić information content (AvgIpc) is 2.81.